The van der Waals surface area contributed by atoms with E-state index < -0.39 is 0 Å². The van der Waals surface area contributed by atoms with E-state index in [4.69, 9.17) is 0 Å². The van der Waals surface area contributed by atoms with E-state index in [1.807, 2.05) is 39.0 Å². The summed E-state index contributed by atoms with van der Waals surface area (Å²) >= 11 is 0. The molecule has 23 heavy (non-hydrogen) atoms. The Labute approximate surface area is 144 Å². The average Bonchev–Trinajstić information content (AvgIpc) is 2.40. The van der Waals surface area contributed by atoms with Gasteiger partial charge < -0.3 is 15.5 Å². The number of hydrogen-bond donors (Lipinski definition) is 2. The molecule has 2 N–H and O–H groups in total. The Morgan fingerprint density at radius 2 is 1.87 bits per heavy atom. The van der Waals surface area contributed by atoms with Crippen molar-refractivity contribution >= 4 is 29.9 Å². The van der Waals surface area contributed by atoms with Gasteiger partial charge in [-0.1, -0.05) is 25.1 Å². The first-order valence-electron chi connectivity index (χ1n) is 7.72. The Kier molecular flexibility index (Phi) is 7.03. The molecule has 0 aromatic heterocycles. The Morgan fingerprint density at radius 3 is 2.35 bits per heavy atom. The highest BCUT2D eigenvalue weighted by atomic mass is 35.5. The Balaban J connectivity index is 0.00000264. The highest BCUT2D eigenvalue weighted by molar-refractivity contribution is 5.95. The van der Waals surface area contributed by atoms with Crippen LogP contribution in [0.15, 0.2) is 18.2 Å². The summed E-state index contributed by atoms with van der Waals surface area (Å²) in [5, 5.41) is 6.09. The molecule has 1 saturated heterocycles. The maximum Gasteiger partial charge on any atom is 0.243 e. The van der Waals surface area contributed by atoms with Crippen LogP contribution in [0.25, 0.3) is 0 Å². The molecule has 0 aliphatic carbocycles. The van der Waals surface area contributed by atoms with E-state index in [-0.39, 0.29) is 36.7 Å². The molecule has 0 saturated carbocycles. The quantitative estimate of drug-likeness (QED) is 0.862. The summed E-state index contributed by atoms with van der Waals surface area (Å²) in [6.45, 7) is 7.71. The molecule has 2 rings (SSSR count). The molecule has 0 spiro atoms. The lowest BCUT2D eigenvalue weighted by Gasteiger charge is -2.33. The number of anilines is 1. The van der Waals surface area contributed by atoms with Gasteiger partial charge in [0, 0.05) is 18.7 Å². The number of carbonyl (C=O) groups is 2. The van der Waals surface area contributed by atoms with Crippen LogP contribution in [-0.4, -0.2) is 43.4 Å². The predicted octanol–water partition coefficient (Wildman–Crippen LogP) is 1.98. The van der Waals surface area contributed by atoms with Crippen molar-refractivity contribution < 1.29 is 9.59 Å². The van der Waals surface area contributed by atoms with E-state index in [1.54, 1.807) is 7.05 Å². The van der Waals surface area contributed by atoms with Crippen LogP contribution < -0.4 is 10.6 Å². The molecule has 0 radical (unpaired) electrons. The third kappa shape index (κ3) is 4.69. The van der Waals surface area contributed by atoms with Crippen molar-refractivity contribution in [1.29, 1.82) is 0 Å². The van der Waals surface area contributed by atoms with Crippen molar-refractivity contribution in [1.82, 2.24) is 10.2 Å². The van der Waals surface area contributed by atoms with Gasteiger partial charge in [-0.15, -0.1) is 12.4 Å². The van der Waals surface area contributed by atoms with Gasteiger partial charge in [-0.05, 0) is 44.0 Å². The van der Waals surface area contributed by atoms with Gasteiger partial charge in [0.25, 0.3) is 0 Å². The third-order valence-electron chi connectivity index (χ3n) is 4.41. The second-order valence-electron chi connectivity index (χ2n) is 6.22. The van der Waals surface area contributed by atoms with Gasteiger partial charge >= 0.3 is 0 Å². The topological polar surface area (TPSA) is 61.4 Å². The summed E-state index contributed by atoms with van der Waals surface area (Å²) in [5.41, 5.74) is 2.89. The van der Waals surface area contributed by atoms with Gasteiger partial charge in [0.2, 0.25) is 11.8 Å². The van der Waals surface area contributed by atoms with E-state index in [2.05, 4.69) is 10.6 Å². The van der Waals surface area contributed by atoms with Crippen molar-refractivity contribution in [3.63, 3.8) is 0 Å². The SMILES string of the molecule is Cc1cccc(C)c1NC(=O)CN(C)C(=O)C(C)C1CNC1.Cl. The zero-order chi connectivity index (χ0) is 16.3. The summed E-state index contributed by atoms with van der Waals surface area (Å²) in [6, 6.07) is 5.89. The molecule has 1 aromatic rings. The molecule has 2 amide bonds. The fourth-order valence-corrected chi connectivity index (χ4v) is 2.70. The number of nitrogens with zero attached hydrogens (tertiary/aromatic N) is 1. The van der Waals surface area contributed by atoms with Crippen LogP contribution in [0.2, 0.25) is 0 Å². The normalized spacial score (nSPS) is 15.1. The van der Waals surface area contributed by atoms with Crippen LogP contribution in [0.1, 0.15) is 18.1 Å². The number of nitrogens with one attached hydrogen (secondary N) is 2. The zero-order valence-corrected chi connectivity index (χ0v) is 15.0. The van der Waals surface area contributed by atoms with Crippen molar-refractivity contribution in [2.75, 3.05) is 32.0 Å². The maximum absolute atomic E-state index is 12.3. The van der Waals surface area contributed by atoms with Gasteiger partial charge in [-0.3, -0.25) is 9.59 Å². The zero-order valence-electron chi connectivity index (χ0n) is 14.2. The number of para-hydroxylation sites is 1. The van der Waals surface area contributed by atoms with Gasteiger partial charge in [0.15, 0.2) is 0 Å². The molecule has 1 heterocycles. The van der Waals surface area contributed by atoms with E-state index in [0.29, 0.717) is 5.92 Å². The van der Waals surface area contributed by atoms with Crippen LogP contribution in [0.3, 0.4) is 0 Å². The molecule has 1 aromatic carbocycles. The summed E-state index contributed by atoms with van der Waals surface area (Å²) in [4.78, 5) is 26.0. The van der Waals surface area contributed by atoms with Crippen LogP contribution in [0, 0.1) is 25.7 Å². The van der Waals surface area contributed by atoms with Crippen molar-refractivity contribution in [3.8, 4) is 0 Å². The van der Waals surface area contributed by atoms with Crippen molar-refractivity contribution in [2.45, 2.75) is 20.8 Å². The van der Waals surface area contributed by atoms with Gasteiger partial charge in [0.1, 0.15) is 0 Å². The monoisotopic (exact) mass is 339 g/mol. The molecule has 1 aliphatic rings. The molecule has 1 aliphatic heterocycles. The second-order valence-corrected chi connectivity index (χ2v) is 6.22. The van der Waals surface area contributed by atoms with Crippen molar-refractivity contribution in [2.24, 2.45) is 11.8 Å². The fourth-order valence-electron chi connectivity index (χ4n) is 2.70. The second kappa shape index (κ2) is 8.31. The fraction of sp³-hybridized carbons (Fsp3) is 0.529. The highest BCUT2D eigenvalue weighted by Crippen LogP contribution is 2.20. The number of carbonyl (C=O) groups excluding carboxylic acids is 2. The maximum atomic E-state index is 12.3. The van der Waals surface area contributed by atoms with Crippen LogP contribution >= 0.6 is 12.4 Å². The van der Waals surface area contributed by atoms with Gasteiger partial charge in [0.05, 0.1) is 6.54 Å². The molecule has 6 heteroatoms. The largest absolute Gasteiger partial charge is 0.336 e. The minimum atomic E-state index is -0.160. The Hall–Kier alpha value is -1.59. The summed E-state index contributed by atoms with van der Waals surface area (Å²) in [6.07, 6.45) is 0. The number of halogens is 1. The van der Waals surface area contributed by atoms with Crippen LogP contribution in [0.4, 0.5) is 5.69 Å². The summed E-state index contributed by atoms with van der Waals surface area (Å²) in [5.74, 6) is 0.214. The molecular formula is C17H26ClN3O2. The molecule has 5 nitrogen and oxygen atoms in total. The minimum Gasteiger partial charge on any atom is -0.336 e. The summed E-state index contributed by atoms with van der Waals surface area (Å²) < 4.78 is 0. The molecule has 0 bridgehead atoms. The number of hydrogen-bond acceptors (Lipinski definition) is 3. The lowest BCUT2D eigenvalue weighted by molar-refractivity contribution is -0.138. The molecule has 128 valence electrons. The predicted molar refractivity (Wildman–Crippen MR) is 95.0 cm³/mol. The van der Waals surface area contributed by atoms with E-state index in [9.17, 15) is 9.59 Å². The van der Waals surface area contributed by atoms with E-state index in [1.165, 1.54) is 4.90 Å². The molecule has 1 fully saturated rings. The van der Waals surface area contributed by atoms with E-state index in [0.717, 1.165) is 29.9 Å². The molecule has 1 unspecified atom stereocenters. The van der Waals surface area contributed by atoms with E-state index >= 15 is 0 Å². The van der Waals surface area contributed by atoms with Crippen LogP contribution in [0.5, 0.6) is 0 Å². The third-order valence-corrected chi connectivity index (χ3v) is 4.41. The standard InChI is InChI=1S/C17H25N3O2.ClH/c1-11-6-5-7-12(2)16(11)19-15(21)10-20(4)17(22)13(3)14-8-18-9-14;/h5-7,13-14,18H,8-10H2,1-4H3,(H,19,21);1H. The first kappa shape index (κ1) is 19.5. The molecule has 1 atom stereocenters. The lowest BCUT2D eigenvalue weighted by atomic mass is 9.88. The first-order valence-corrected chi connectivity index (χ1v) is 7.72. The average molecular weight is 340 g/mol. The number of aryl methyl sites for hydroxylation is 2. The summed E-state index contributed by atoms with van der Waals surface area (Å²) in [7, 11) is 1.69. The van der Waals surface area contributed by atoms with Crippen molar-refractivity contribution in [3.05, 3.63) is 29.3 Å². The number of benzene rings is 1. The Morgan fingerprint density at radius 1 is 1.30 bits per heavy atom. The number of amides is 2. The highest BCUT2D eigenvalue weighted by Gasteiger charge is 2.31. The van der Waals surface area contributed by atoms with Crippen LogP contribution in [-0.2, 0) is 9.59 Å². The van der Waals surface area contributed by atoms with Gasteiger partial charge in [-0.25, -0.2) is 0 Å². The first-order chi connectivity index (χ1) is 10.4. The Bertz CT molecular complexity index is 553. The molecular weight excluding hydrogens is 314 g/mol. The smallest absolute Gasteiger partial charge is 0.243 e. The number of likely N-dealkylation sites (N-methyl/N-ethyl adjacent to an activating group) is 1. The number of rotatable bonds is 5. The minimum absolute atomic E-state index is 0. The van der Waals surface area contributed by atoms with Gasteiger partial charge in [-0.2, -0.15) is 0 Å². The lowest BCUT2D eigenvalue weighted by Crippen LogP contribution is -2.50.